The molecule has 0 rings (SSSR count). The minimum atomic E-state index is -4.52. The minimum Gasteiger partial charge on any atom is -0.457 e. The molecular formula is C43H77O9P. The number of phosphoric acid groups is 1. The van der Waals surface area contributed by atoms with Crippen molar-refractivity contribution in [2.24, 2.45) is 0 Å². The van der Waals surface area contributed by atoms with E-state index in [1.54, 1.807) is 0 Å². The Kier molecular flexibility index (Phi) is 38.5. The van der Waals surface area contributed by atoms with Crippen molar-refractivity contribution in [3.8, 4) is 0 Å². The predicted molar refractivity (Wildman–Crippen MR) is 219 cm³/mol. The largest absolute Gasteiger partial charge is 0.472 e. The number of unbranched alkanes of at least 4 members (excludes halogenated alkanes) is 15. The zero-order valence-corrected chi connectivity index (χ0v) is 34.4. The highest BCUT2D eigenvalue weighted by molar-refractivity contribution is 7.47. The molecule has 0 saturated carbocycles. The molecule has 0 bridgehead atoms. The number of esters is 1. The van der Waals surface area contributed by atoms with Gasteiger partial charge in [-0.1, -0.05) is 158 Å². The number of carbonyl (C=O) groups is 1. The molecule has 0 aliphatic carbocycles. The number of aliphatic hydroxyl groups is 2. The molecule has 0 heterocycles. The SMILES string of the molecule is CC/C=C\C/C=C\C/C=C\C/C=C\C/C=C\CCCCCC(=O)OC(COCCCCCCCCCCCCCCC)COP(=O)(O)OCC(O)CO. The summed E-state index contributed by atoms with van der Waals surface area (Å²) in [5.74, 6) is -0.414. The van der Waals surface area contributed by atoms with Crippen molar-refractivity contribution in [2.45, 2.75) is 174 Å². The summed E-state index contributed by atoms with van der Waals surface area (Å²) in [5.41, 5.74) is 0. The van der Waals surface area contributed by atoms with Gasteiger partial charge in [0.15, 0.2) is 0 Å². The molecule has 0 aliphatic rings. The number of ether oxygens (including phenoxy) is 2. The number of hydrogen-bond donors (Lipinski definition) is 3. The van der Waals surface area contributed by atoms with Crippen LogP contribution in [-0.2, 0) is 27.9 Å². The van der Waals surface area contributed by atoms with E-state index in [0.29, 0.717) is 13.0 Å². The average molecular weight is 769 g/mol. The van der Waals surface area contributed by atoms with Gasteiger partial charge in [-0.2, -0.15) is 0 Å². The number of allylic oxidation sites excluding steroid dienone is 10. The molecule has 9 nitrogen and oxygen atoms in total. The molecular weight excluding hydrogens is 691 g/mol. The molecule has 3 N–H and O–H groups in total. The Hall–Kier alpha value is -1.84. The molecule has 0 aromatic rings. The van der Waals surface area contributed by atoms with Crippen molar-refractivity contribution in [3.63, 3.8) is 0 Å². The first-order valence-corrected chi connectivity index (χ1v) is 22.3. The standard InChI is InChI=1S/C43H77O9P/c1-3-5-7-9-11-13-15-17-18-19-20-21-22-23-25-27-29-31-33-35-43(46)52-42(40-51-53(47,48)50-38-41(45)37-44)39-49-36-34-32-30-28-26-24-16-14-12-10-8-6-4-2/h5,7,11,13,17-18,20-21,23,25,41-42,44-45H,3-4,6,8-10,12,14-16,19,22,24,26-40H2,1-2H3,(H,47,48)/b7-5-,13-11-,18-17-,21-20-,25-23-. The van der Waals surface area contributed by atoms with E-state index in [0.717, 1.165) is 70.6 Å². The van der Waals surface area contributed by atoms with Crippen molar-refractivity contribution < 1.29 is 43.0 Å². The lowest BCUT2D eigenvalue weighted by atomic mass is 10.0. The smallest absolute Gasteiger partial charge is 0.457 e. The van der Waals surface area contributed by atoms with Crippen LogP contribution in [-0.4, -0.2) is 66.3 Å². The topological polar surface area (TPSA) is 132 Å². The van der Waals surface area contributed by atoms with Gasteiger partial charge in [0.1, 0.15) is 12.2 Å². The van der Waals surface area contributed by atoms with Gasteiger partial charge in [0.2, 0.25) is 0 Å². The third-order valence-corrected chi connectivity index (χ3v) is 9.42. The number of rotatable bonds is 39. The third-order valence-electron chi connectivity index (χ3n) is 8.47. The Morgan fingerprint density at radius 3 is 1.60 bits per heavy atom. The molecule has 53 heavy (non-hydrogen) atoms. The zero-order chi connectivity index (χ0) is 38.9. The normalized spacial score (nSPS) is 14.7. The molecule has 3 atom stereocenters. The van der Waals surface area contributed by atoms with Crippen LogP contribution in [0.1, 0.15) is 162 Å². The van der Waals surface area contributed by atoms with E-state index in [-0.39, 0.29) is 13.0 Å². The molecule has 0 aromatic carbocycles. The summed E-state index contributed by atoms with van der Waals surface area (Å²) in [6, 6.07) is 0. The first-order chi connectivity index (χ1) is 25.8. The minimum absolute atomic E-state index is 0.0351. The quantitative estimate of drug-likeness (QED) is 0.0242. The second-order valence-corrected chi connectivity index (χ2v) is 15.1. The van der Waals surface area contributed by atoms with Gasteiger partial charge in [0.05, 0.1) is 26.4 Å². The summed E-state index contributed by atoms with van der Waals surface area (Å²) in [6.45, 7) is 3.35. The average Bonchev–Trinajstić information content (AvgIpc) is 3.15. The Morgan fingerprint density at radius 2 is 1.08 bits per heavy atom. The third kappa shape index (κ3) is 39.7. The van der Waals surface area contributed by atoms with Gasteiger partial charge in [-0.3, -0.25) is 13.8 Å². The van der Waals surface area contributed by atoms with E-state index in [1.165, 1.54) is 64.2 Å². The van der Waals surface area contributed by atoms with E-state index in [4.69, 9.17) is 23.6 Å². The van der Waals surface area contributed by atoms with Gasteiger partial charge < -0.3 is 24.6 Å². The highest BCUT2D eigenvalue weighted by Gasteiger charge is 2.26. The van der Waals surface area contributed by atoms with Gasteiger partial charge in [0, 0.05) is 13.0 Å². The predicted octanol–water partition coefficient (Wildman–Crippen LogP) is 11.2. The summed E-state index contributed by atoms with van der Waals surface area (Å²) in [4.78, 5) is 22.5. The van der Waals surface area contributed by atoms with Crippen LogP contribution in [0.25, 0.3) is 0 Å². The molecule has 0 aliphatic heterocycles. The number of phosphoric ester groups is 1. The maximum Gasteiger partial charge on any atom is 0.472 e. The van der Waals surface area contributed by atoms with Crippen LogP contribution in [0.3, 0.4) is 0 Å². The first-order valence-electron chi connectivity index (χ1n) is 20.8. The van der Waals surface area contributed by atoms with Crippen LogP contribution in [0.2, 0.25) is 0 Å². The maximum absolute atomic E-state index is 12.6. The fraction of sp³-hybridized carbons (Fsp3) is 0.744. The van der Waals surface area contributed by atoms with Crippen LogP contribution in [0.15, 0.2) is 60.8 Å². The summed E-state index contributed by atoms with van der Waals surface area (Å²) in [6.07, 6.45) is 44.6. The van der Waals surface area contributed by atoms with E-state index in [2.05, 4.69) is 74.6 Å². The van der Waals surface area contributed by atoms with Crippen LogP contribution < -0.4 is 0 Å². The molecule has 0 amide bonds. The molecule has 0 saturated heterocycles. The first kappa shape index (κ1) is 51.2. The fourth-order valence-corrected chi connectivity index (χ4v) is 6.11. The van der Waals surface area contributed by atoms with E-state index < -0.39 is 45.8 Å². The lowest BCUT2D eigenvalue weighted by Gasteiger charge is -2.20. The molecule has 308 valence electrons. The van der Waals surface area contributed by atoms with E-state index in [9.17, 15) is 19.4 Å². The van der Waals surface area contributed by atoms with E-state index in [1.807, 2.05) is 0 Å². The van der Waals surface area contributed by atoms with Crippen molar-refractivity contribution >= 4 is 13.8 Å². The van der Waals surface area contributed by atoms with Crippen LogP contribution in [0.4, 0.5) is 0 Å². The Morgan fingerprint density at radius 1 is 0.604 bits per heavy atom. The summed E-state index contributed by atoms with van der Waals surface area (Å²) < 4.78 is 33.3. The van der Waals surface area contributed by atoms with Gasteiger partial charge in [-0.15, -0.1) is 0 Å². The number of hydrogen-bond acceptors (Lipinski definition) is 8. The van der Waals surface area contributed by atoms with Crippen LogP contribution >= 0.6 is 7.82 Å². The molecule has 0 aromatic heterocycles. The second kappa shape index (κ2) is 39.8. The van der Waals surface area contributed by atoms with E-state index >= 15 is 0 Å². The van der Waals surface area contributed by atoms with Crippen molar-refractivity contribution in [3.05, 3.63) is 60.8 Å². The Bertz CT molecular complexity index is 1010. The van der Waals surface area contributed by atoms with Crippen molar-refractivity contribution in [1.82, 2.24) is 0 Å². The van der Waals surface area contributed by atoms with Crippen molar-refractivity contribution in [2.75, 3.05) is 33.0 Å². The summed E-state index contributed by atoms with van der Waals surface area (Å²) in [5, 5.41) is 18.3. The van der Waals surface area contributed by atoms with Gasteiger partial charge >= 0.3 is 13.8 Å². The highest BCUT2D eigenvalue weighted by atomic mass is 31.2. The lowest BCUT2D eigenvalue weighted by molar-refractivity contribution is -0.154. The number of carbonyl (C=O) groups excluding carboxylic acids is 1. The van der Waals surface area contributed by atoms with Crippen LogP contribution in [0.5, 0.6) is 0 Å². The van der Waals surface area contributed by atoms with Gasteiger partial charge in [-0.05, 0) is 57.8 Å². The molecule has 0 fully saturated rings. The van der Waals surface area contributed by atoms with Crippen LogP contribution in [0, 0.1) is 0 Å². The Labute approximate surface area is 323 Å². The monoisotopic (exact) mass is 769 g/mol. The second-order valence-electron chi connectivity index (χ2n) is 13.6. The van der Waals surface area contributed by atoms with Gasteiger partial charge in [-0.25, -0.2) is 4.57 Å². The number of aliphatic hydroxyl groups excluding tert-OH is 2. The lowest BCUT2D eigenvalue weighted by Crippen LogP contribution is -2.29. The molecule has 0 radical (unpaired) electrons. The molecule has 3 unspecified atom stereocenters. The molecule has 0 spiro atoms. The fourth-order valence-electron chi connectivity index (χ4n) is 5.32. The van der Waals surface area contributed by atoms with Crippen molar-refractivity contribution in [1.29, 1.82) is 0 Å². The Balaban J connectivity index is 4.27. The molecule has 10 heteroatoms. The highest BCUT2D eigenvalue weighted by Crippen LogP contribution is 2.43. The maximum atomic E-state index is 12.6. The zero-order valence-electron chi connectivity index (χ0n) is 33.5. The van der Waals surface area contributed by atoms with Gasteiger partial charge in [0.25, 0.3) is 0 Å². The summed E-state index contributed by atoms with van der Waals surface area (Å²) >= 11 is 0. The summed E-state index contributed by atoms with van der Waals surface area (Å²) in [7, 11) is -4.52.